The van der Waals surface area contributed by atoms with Crippen LogP contribution in [0.5, 0.6) is 0 Å². The number of esters is 1. The topological polar surface area (TPSA) is 114 Å². The summed E-state index contributed by atoms with van der Waals surface area (Å²) in [6, 6.07) is -0.900. The Bertz CT molecular complexity index is 1580. The second kappa shape index (κ2) is 58.6. The van der Waals surface area contributed by atoms with Crippen LogP contribution in [0.1, 0.15) is 303 Å². The Morgan fingerprint density at radius 2 is 0.810 bits per heavy atom. The number of unbranched alkanes of at least 4 members (excludes halogenated alkanes) is 34. The summed E-state index contributed by atoms with van der Waals surface area (Å²) in [5.74, 6) is -0.555. The first-order valence-corrected chi connectivity index (χ1v) is 34.7. The monoisotopic (exact) mass is 1130 g/mol. The van der Waals surface area contributed by atoms with Crippen molar-refractivity contribution in [1.29, 1.82) is 0 Å². The second-order valence-electron chi connectivity index (χ2n) is 23.6. The maximum Gasteiger partial charge on any atom is 0.306 e. The summed E-state index contributed by atoms with van der Waals surface area (Å²) >= 11 is 0. The summed E-state index contributed by atoms with van der Waals surface area (Å²) in [7, 11) is 1.17. The number of phosphoric acid groups is 1. The number of amides is 1. The van der Waals surface area contributed by atoms with Crippen LogP contribution in [-0.4, -0.2) is 69.4 Å². The zero-order chi connectivity index (χ0) is 57.9. The van der Waals surface area contributed by atoms with Gasteiger partial charge in [-0.15, -0.1) is 0 Å². The lowest BCUT2D eigenvalue weighted by atomic mass is 10.0. The fourth-order valence-corrected chi connectivity index (χ4v) is 10.3. The molecule has 0 aliphatic carbocycles. The lowest BCUT2D eigenvalue weighted by molar-refractivity contribution is -0.870. The van der Waals surface area contributed by atoms with Gasteiger partial charge in [0.1, 0.15) is 19.3 Å². The third kappa shape index (κ3) is 59.9. The third-order valence-electron chi connectivity index (χ3n) is 14.7. The van der Waals surface area contributed by atoms with E-state index in [2.05, 4.69) is 86.8 Å². The number of rotatable bonds is 60. The summed E-state index contributed by atoms with van der Waals surface area (Å²) in [5, 5.41) is 3.03. The smallest absolute Gasteiger partial charge is 0.306 e. The molecular formula is C69H127N2O7P. The highest BCUT2D eigenvalue weighted by atomic mass is 31.2. The van der Waals surface area contributed by atoms with Gasteiger partial charge in [-0.1, -0.05) is 287 Å². The number of carbonyl (C=O) groups is 2. The Hall–Kier alpha value is -2.55. The Morgan fingerprint density at radius 1 is 0.456 bits per heavy atom. The minimum Gasteiger partial charge on any atom is -0.756 e. The maximum atomic E-state index is 13.5. The molecule has 0 aromatic rings. The molecule has 0 aliphatic heterocycles. The summed E-state index contributed by atoms with van der Waals surface area (Å²) < 4.78 is 30.4. The van der Waals surface area contributed by atoms with Gasteiger partial charge < -0.3 is 28.5 Å². The molecule has 0 saturated carbocycles. The van der Waals surface area contributed by atoms with Gasteiger partial charge in [0.15, 0.2) is 0 Å². The largest absolute Gasteiger partial charge is 0.756 e. The highest BCUT2D eigenvalue weighted by Crippen LogP contribution is 2.38. The molecule has 0 aromatic carbocycles. The van der Waals surface area contributed by atoms with Crippen LogP contribution in [0.25, 0.3) is 0 Å². The molecule has 460 valence electrons. The molecule has 3 unspecified atom stereocenters. The van der Waals surface area contributed by atoms with Crippen molar-refractivity contribution in [2.45, 2.75) is 315 Å². The third-order valence-corrected chi connectivity index (χ3v) is 15.6. The van der Waals surface area contributed by atoms with Crippen LogP contribution in [0.3, 0.4) is 0 Å². The molecule has 0 saturated heterocycles. The lowest BCUT2D eigenvalue weighted by Crippen LogP contribution is -2.47. The van der Waals surface area contributed by atoms with Gasteiger partial charge in [-0.25, -0.2) is 0 Å². The van der Waals surface area contributed by atoms with E-state index in [0.29, 0.717) is 23.9 Å². The number of nitrogens with zero attached hydrogens (tertiary/aromatic N) is 1. The fraction of sp³-hybridized carbons (Fsp3) is 0.797. The van der Waals surface area contributed by atoms with Crippen LogP contribution in [0.2, 0.25) is 0 Å². The van der Waals surface area contributed by atoms with Gasteiger partial charge in [0.25, 0.3) is 7.82 Å². The molecular weight excluding hydrogens is 1000 g/mol. The Morgan fingerprint density at radius 3 is 1.22 bits per heavy atom. The molecule has 3 atom stereocenters. The zero-order valence-corrected chi connectivity index (χ0v) is 53.5. The number of carbonyl (C=O) groups excluding carboxylic acids is 2. The van der Waals surface area contributed by atoms with Crippen molar-refractivity contribution in [2.24, 2.45) is 0 Å². The molecule has 0 rings (SSSR count). The van der Waals surface area contributed by atoms with E-state index >= 15 is 0 Å². The highest BCUT2D eigenvalue weighted by molar-refractivity contribution is 7.45. The number of quaternary nitrogens is 1. The normalized spacial score (nSPS) is 14.1. The minimum atomic E-state index is -4.71. The fourth-order valence-electron chi connectivity index (χ4n) is 9.55. The molecule has 0 aromatic heterocycles. The van der Waals surface area contributed by atoms with Crippen molar-refractivity contribution in [3.8, 4) is 0 Å². The van der Waals surface area contributed by atoms with Crippen LogP contribution in [0, 0.1) is 0 Å². The van der Waals surface area contributed by atoms with Crippen molar-refractivity contribution in [1.82, 2.24) is 5.32 Å². The molecule has 0 radical (unpaired) electrons. The van der Waals surface area contributed by atoms with Gasteiger partial charge >= 0.3 is 5.97 Å². The predicted molar refractivity (Wildman–Crippen MR) is 339 cm³/mol. The van der Waals surface area contributed by atoms with Crippen molar-refractivity contribution in [2.75, 3.05) is 40.9 Å². The van der Waals surface area contributed by atoms with E-state index in [1.807, 2.05) is 33.3 Å². The molecule has 0 bridgehead atoms. The number of likely N-dealkylation sites (N-methyl/N-ethyl adjacent to an activating group) is 1. The van der Waals surface area contributed by atoms with Crippen molar-refractivity contribution < 1.29 is 37.3 Å². The molecule has 0 aliphatic rings. The average molecular weight is 1130 g/mol. The van der Waals surface area contributed by atoms with E-state index in [4.69, 9.17) is 13.8 Å². The van der Waals surface area contributed by atoms with Crippen molar-refractivity contribution in [3.63, 3.8) is 0 Å². The van der Waals surface area contributed by atoms with Gasteiger partial charge in [-0.05, 0) is 76.7 Å². The van der Waals surface area contributed by atoms with E-state index in [0.717, 1.165) is 103 Å². The Labute approximate surface area is 489 Å². The number of allylic oxidation sites excluding steroid dienone is 11. The predicted octanol–water partition coefficient (Wildman–Crippen LogP) is 20.2. The van der Waals surface area contributed by atoms with E-state index < -0.39 is 26.6 Å². The number of phosphoric ester groups is 1. The number of ether oxygens (including phenoxy) is 1. The average Bonchev–Trinajstić information content (AvgIpc) is 3.41. The molecule has 1 amide bonds. The van der Waals surface area contributed by atoms with Crippen LogP contribution in [0.15, 0.2) is 72.9 Å². The van der Waals surface area contributed by atoms with E-state index in [-0.39, 0.29) is 24.9 Å². The Kier molecular flexibility index (Phi) is 56.7. The van der Waals surface area contributed by atoms with E-state index in [1.54, 1.807) is 0 Å². The zero-order valence-electron chi connectivity index (χ0n) is 52.6. The van der Waals surface area contributed by atoms with Gasteiger partial charge in [-0.3, -0.25) is 14.2 Å². The van der Waals surface area contributed by atoms with Crippen LogP contribution in [-0.2, 0) is 27.9 Å². The molecule has 0 spiro atoms. The summed E-state index contributed by atoms with van der Waals surface area (Å²) in [5.41, 5.74) is 0. The Balaban J connectivity index is 5.15. The van der Waals surface area contributed by atoms with E-state index in [9.17, 15) is 19.0 Å². The number of nitrogens with one attached hydrogen (secondary N) is 1. The maximum absolute atomic E-state index is 13.5. The molecule has 10 heteroatoms. The number of hydrogen-bond donors (Lipinski definition) is 1. The lowest BCUT2D eigenvalue weighted by Gasteiger charge is -2.30. The van der Waals surface area contributed by atoms with Crippen LogP contribution in [0.4, 0.5) is 0 Å². The summed E-state index contributed by atoms with van der Waals surface area (Å²) in [4.78, 5) is 40.1. The van der Waals surface area contributed by atoms with Crippen molar-refractivity contribution >= 4 is 19.7 Å². The van der Waals surface area contributed by atoms with Gasteiger partial charge in [0.2, 0.25) is 5.91 Å². The minimum absolute atomic E-state index is 0.0276. The first-order chi connectivity index (χ1) is 38.4. The van der Waals surface area contributed by atoms with Gasteiger partial charge in [0, 0.05) is 12.8 Å². The number of hydrogen-bond acceptors (Lipinski definition) is 7. The van der Waals surface area contributed by atoms with Crippen LogP contribution >= 0.6 is 7.82 Å². The molecule has 0 heterocycles. The highest BCUT2D eigenvalue weighted by Gasteiger charge is 2.27. The van der Waals surface area contributed by atoms with Crippen LogP contribution < -0.4 is 10.2 Å². The standard InChI is InChI=1S/C69H127N2O7P/c1-7-10-13-16-19-22-25-27-29-31-33-35-37-39-41-43-46-49-52-55-58-61-68(72)70-66(65-77-79(74,75)76-64-63-71(4,5)6)67(60-57-54-51-48-45-24-21-18-15-12-9-3)78-69(73)62-59-56-53-50-47-44-42-40-38-36-34-32-30-28-26-23-20-17-14-11-8-2/h10,13,19,22,27,29,33,35,39,41,57,60,66-67H,7-9,11-12,14-18,20-21,23-26,28,30-32,34,36-38,40,42-56,58-59,61-65H2,1-6H3,(H-,70,72,74,75)/b13-10-,22-19-,29-27-,35-33-,41-39-,60-57+. The quantitative estimate of drug-likeness (QED) is 0.0212. The molecule has 0 fully saturated rings. The summed E-state index contributed by atoms with van der Waals surface area (Å²) in [6.07, 6.45) is 75.9. The molecule has 1 N–H and O–H groups in total. The first-order valence-electron chi connectivity index (χ1n) is 33.2. The summed E-state index contributed by atoms with van der Waals surface area (Å²) in [6.45, 7) is 6.74. The first kappa shape index (κ1) is 76.5. The SMILES string of the molecule is CC/C=C\C/C=C\C/C=C\C/C=C\C/C=C\CCCCCCCC(=O)NC(COP(=O)([O-])OCC[N+](C)(C)C)C(/C=C/CCCCCCCCCCC)OC(=O)CCCCCCCCCCCCCCCCCCCCCCC. The van der Waals surface area contributed by atoms with Gasteiger partial charge in [-0.2, -0.15) is 0 Å². The molecule has 79 heavy (non-hydrogen) atoms. The van der Waals surface area contributed by atoms with Gasteiger partial charge in [0.05, 0.1) is 33.8 Å². The molecule has 9 nitrogen and oxygen atoms in total. The second-order valence-corrected chi connectivity index (χ2v) is 25.0. The van der Waals surface area contributed by atoms with E-state index in [1.165, 1.54) is 161 Å². The van der Waals surface area contributed by atoms with Crippen molar-refractivity contribution in [3.05, 3.63) is 72.9 Å².